The first-order chi connectivity index (χ1) is 7.19. The van der Waals surface area contributed by atoms with E-state index in [4.69, 9.17) is 10.5 Å². The normalized spacial score (nSPS) is 10.3. The third-order valence-corrected chi connectivity index (χ3v) is 2.21. The maximum absolute atomic E-state index is 13.3. The van der Waals surface area contributed by atoms with E-state index in [-0.39, 0.29) is 11.5 Å². The Bertz CT molecular complexity index is 305. The highest BCUT2D eigenvalue weighted by Gasteiger charge is 2.10. The number of benzene rings is 1. The van der Waals surface area contributed by atoms with Crippen molar-refractivity contribution < 1.29 is 14.2 Å². The molecule has 0 aliphatic heterocycles. The van der Waals surface area contributed by atoms with E-state index in [2.05, 4.69) is 0 Å². The molecule has 0 saturated carbocycles. The second-order valence-electron chi connectivity index (χ2n) is 3.38. The molecule has 0 saturated heterocycles. The van der Waals surface area contributed by atoms with Gasteiger partial charge in [0, 0.05) is 0 Å². The molecule has 0 amide bonds. The fourth-order valence-corrected chi connectivity index (χ4v) is 1.45. The quantitative estimate of drug-likeness (QED) is 0.733. The van der Waals surface area contributed by atoms with E-state index in [0.29, 0.717) is 13.0 Å². The van der Waals surface area contributed by atoms with Crippen LogP contribution in [-0.4, -0.2) is 18.8 Å². The van der Waals surface area contributed by atoms with E-state index in [1.165, 1.54) is 19.2 Å². The second kappa shape index (κ2) is 5.56. The molecule has 0 bridgehead atoms. The highest BCUT2D eigenvalue weighted by atomic mass is 19.1. The van der Waals surface area contributed by atoms with Crippen LogP contribution in [0.4, 0.5) is 4.39 Å². The zero-order valence-corrected chi connectivity index (χ0v) is 8.79. The van der Waals surface area contributed by atoms with Crippen LogP contribution in [0.1, 0.15) is 18.4 Å². The summed E-state index contributed by atoms with van der Waals surface area (Å²) in [5.74, 6) is -0.780. The molecule has 0 spiro atoms. The van der Waals surface area contributed by atoms with E-state index < -0.39 is 5.82 Å². The number of hydrogen-bond donors (Lipinski definition) is 2. The highest BCUT2D eigenvalue weighted by Crippen LogP contribution is 2.30. The Hall–Kier alpha value is -1.29. The van der Waals surface area contributed by atoms with Gasteiger partial charge in [-0.25, -0.2) is 4.39 Å². The summed E-state index contributed by atoms with van der Waals surface area (Å²) in [6.45, 7) is 0.630. The summed E-state index contributed by atoms with van der Waals surface area (Å²) in [5.41, 5.74) is 6.12. The number of aryl methyl sites for hydroxylation is 1. The van der Waals surface area contributed by atoms with E-state index in [0.717, 1.165) is 18.4 Å². The number of ether oxygens (including phenoxy) is 1. The summed E-state index contributed by atoms with van der Waals surface area (Å²) in [6, 6.07) is 2.91. The Morgan fingerprint density at radius 2 is 2.13 bits per heavy atom. The van der Waals surface area contributed by atoms with Crippen LogP contribution in [0.2, 0.25) is 0 Å². The van der Waals surface area contributed by atoms with E-state index in [1.807, 2.05) is 0 Å². The molecule has 0 radical (unpaired) electrons. The fraction of sp³-hybridized carbons (Fsp3) is 0.455. The molecule has 4 heteroatoms. The number of phenols is 1. The molecule has 1 aromatic rings. The number of nitrogens with two attached hydrogens (primary N) is 1. The molecular weight excluding hydrogens is 197 g/mol. The fourth-order valence-electron chi connectivity index (χ4n) is 1.45. The van der Waals surface area contributed by atoms with Crippen molar-refractivity contribution in [3.8, 4) is 11.5 Å². The SMILES string of the molecule is COc1c(O)cc(CCCCN)cc1F. The summed E-state index contributed by atoms with van der Waals surface area (Å²) < 4.78 is 18.0. The number of hydrogen-bond acceptors (Lipinski definition) is 3. The number of phenolic OH excluding ortho intramolecular Hbond substituents is 1. The Morgan fingerprint density at radius 1 is 1.40 bits per heavy atom. The van der Waals surface area contributed by atoms with Gasteiger partial charge in [-0.1, -0.05) is 0 Å². The van der Waals surface area contributed by atoms with E-state index in [1.54, 1.807) is 0 Å². The van der Waals surface area contributed by atoms with Crippen molar-refractivity contribution in [1.82, 2.24) is 0 Å². The molecule has 0 atom stereocenters. The van der Waals surface area contributed by atoms with Gasteiger partial charge >= 0.3 is 0 Å². The maximum atomic E-state index is 13.3. The first kappa shape index (κ1) is 11.8. The number of aromatic hydroxyl groups is 1. The molecule has 0 unspecified atom stereocenters. The van der Waals surface area contributed by atoms with Crippen molar-refractivity contribution in [2.75, 3.05) is 13.7 Å². The predicted molar refractivity (Wildman–Crippen MR) is 56.6 cm³/mol. The Balaban J connectivity index is 2.75. The molecule has 84 valence electrons. The van der Waals surface area contributed by atoms with Gasteiger partial charge in [0.05, 0.1) is 7.11 Å². The first-order valence-electron chi connectivity index (χ1n) is 4.94. The lowest BCUT2D eigenvalue weighted by molar-refractivity contribution is 0.350. The van der Waals surface area contributed by atoms with Gasteiger partial charge in [0.15, 0.2) is 17.3 Å². The van der Waals surface area contributed by atoms with Gasteiger partial charge in [0.1, 0.15) is 0 Å². The molecular formula is C11H16FNO2. The number of halogens is 1. The zero-order valence-electron chi connectivity index (χ0n) is 8.79. The highest BCUT2D eigenvalue weighted by molar-refractivity contribution is 5.43. The smallest absolute Gasteiger partial charge is 0.196 e. The second-order valence-corrected chi connectivity index (χ2v) is 3.38. The predicted octanol–water partition coefficient (Wildman–Crippen LogP) is 1.82. The molecule has 0 heterocycles. The van der Waals surface area contributed by atoms with E-state index in [9.17, 15) is 9.50 Å². The van der Waals surface area contributed by atoms with Gasteiger partial charge in [0.25, 0.3) is 0 Å². The van der Waals surface area contributed by atoms with Crippen molar-refractivity contribution in [2.24, 2.45) is 5.73 Å². The van der Waals surface area contributed by atoms with Gasteiger partial charge in [0.2, 0.25) is 0 Å². The topological polar surface area (TPSA) is 55.5 Å². The van der Waals surface area contributed by atoms with Crippen LogP contribution < -0.4 is 10.5 Å². The molecule has 0 aromatic heterocycles. The van der Waals surface area contributed by atoms with Crippen LogP contribution in [0.15, 0.2) is 12.1 Å². The van der Waals surface area contributed by atoms with Crippen LogP contribution in [0, 0.1) is 5.82 Å². The first-order valence-corrected chi connectivity index (χ1v) is 4.94. The monoisotopic (exact) mass is 213 g/mol. The molecule has 1 rings (SSSR count). The number of unbranched alkanes of at least 4 members (excludes halogenated alkanes) is 1. The number of methoxy groups -OCH3 is 1. The van der Waals surface area contributed by atoms with Gasteiger partial charge in [-0.3, -0.25) is 0 Å². The Labute approximate surface area is 88.7 Å². The summed E-state index contributed by atoms with van der Waals surface area (Å²) in [4.78, 5) is 0. The summed E-state index contributed by atoms with van der Waals surface area (Å²) >= 11 is 0. The molecule has 15 heavy (non-hydrogen) atoms. The lowest BCUT2D eigenvalue weighted by Crippen LogP contribution is -1.99. The lowest BCUT2D eigenvalue weighted by Gasteiger charge is -2.07. The largest absolute Gasteiger partial charge is 0.504 e. The van der Waals surface area contributed by atoms with Crippen molar-refractivity contribution in [3.63, 3.8) is 0 Å². The van der Waals surface area contributed by atoms with Gasteiger partial charge < -0.3 is 15.6 Å². The molecule has 1 aromatic carbocycles. The minimum absolute atomic E-state index is 0.0995. The van der Waals surface area contributed by atoms with E-state index >= 15 is 0 Å². The zero-order chi connectivity index (χ0) is 11.3. The molecule has 0 fully saturated rings. The number of rotatable bonds is 5. The van der Waals surface area contributed by atoms with Gasteiger partial charge in [-0.2, -0.15) is 0 Å². The van der Waals surface area contributed by atoms with Crippen LogP contribution in [0.3, 0.4) is 0 Å². The van der Waals surface area contributed by atoms with Gasteiger partial charge in [-0.05, 0) is 43.5 Å². The summed E-state index contributed by atoms with van der Waals surface area (Å²) in [7, 11) is 1.33. The average molecular weight is 213 g/mol. The molecule has 3 N–H and O–H groups in total. The van der Waals surface area contributed by atoms with Gasteiger partial charge in [-0.15, -0.1) is 0 Å². The summed E-state index contributed by atoms with van der Waals surface area (Å²) in [5, 5.41) is 9.44. The Morgan fingerprint density at radius 3 is 2.67 bits per heavy atom. The Kier molecular flexibility index (Phi) is 4.37. The van der Waals surface area contributed by atoms with Crippen molar-refractivity contribution >= 4 is 0 Å². The average Bonchev–Trinajstić information content (AvgIpc) is 2.18. The standard InChI is InChI=1S/C11H16FNO2/c1-15-11-9(12)6-8(7-10(11)14)4-2-3-5-13/h6-7,14H,2-5,13H2,1H3. The molecule has 0 aliphatic rings. The van der Waals surface area contributed by atoms with Crippen molar-refractivity contribution in [3.05, 3.63) is 23.5 Å². The summed E-state index contributed by atoms with van der Waals surface area (Å²) in [6.07, 6.45) is 2.50. The third kappa shape index (κ3) is 3.09. The van der Waals surface area contributed by atoms with Crippen LogP contribution in [0.5, 0.6) is 11.5 Å². The van der Waals surface area contributed by atoms with Crippen molar-refractivity contribution in [1.29, 1.82) is 0 Å². The van der Waals surface area contributed by atoms with Crippen molar-refractivity contribution in [2.45, 2.75) is 19.3 Å². The maximum Gasteiger partial charge on any atom is 0.196 e. The third-order valence-electron chi connectivity index (χ3n) is 2.21. The minimum Gasteiger partial charge on any atom is -0.504 e. The minimum atomic E-state index is -0.528. The lowest BCUT2D eigenvalue weighted by atomic mass is 10.1. The van der Waals surface area contributed by atoms with Crippen LogP contribution in [0.25, 0.3) is 0 Å². The molecule has 3 nitrogen and oxygen atoms in total. The van der Waals surface area contributed by atoms with Crippen LogP contribution >= 0.6 is 0 Å². The van der Waals surface area contributed by atoms with Crippen LogP contribution in [-0.2, 0) is 6.42 Å². The molecule has 0 aliphatic carbocycles.